The van der Waals surface area contributed by atoms with Gasteiger partial charge in [-0.15, -0.1) is 0 Å². The molecule has 208 valence electrons. The van der Waals surface area contributed by atoms with E-state index in [1.807, 2.05) is 0 Å². The molecule has 2 unspecified atom stereocenters. The highest BCUT2D eigenvalue weighted by molar-refractivity contribution is 7.93. The summed E-state index contributed by atoms with van der Waals surface area (Å²) < 4.78 is 89.1. The van der Waals surface area contributed by atoms with Crippen LogP contribution in [0.5, 0.6) is 0 Å². The summed E-state index contributed by atoms with van der Waals surface area (Å²) in [5, 5.41) is 10.2. The Hall–Kier alpha value is -2.49. The van der Waals surface area contributed by atoms with Crippen molar-refractivity contribution in [2.24, 2.45) is 11.8 Å². The maximum absolute atomic E-state index is 13.7. The molecule has 0 bridgehead atoms. The fraction of sp³-hybridized carbons (Fsp3) is 0.536. The maximum atomic E-state index is 13.7. The highest BCUT2D eigenvalue weighted by Crippen LogP contribution is 2.46. The molecule has 4 nitrogen and oxygen atoms in total. The van der Waals surface area contributed by atoms with Crippen molar-refractivity contribution in [2.45, 2.75) is 85.9 Å². The van der Waals surface area contributed by atoms with Crippen molar-refractivity contribution in [3.05, 3.63) is 54.1 Å². The molecular weight excluding hydrogens is 527 g/mol. The number of aliphatic carboxylic acids is 1. The molecule has 0 amide bonds. The summed E-state index contributed by atoms with van der Waals surface area (Å²) >= 11 is 0. The van der Waals surface area contributed by atoms with Crippen LogP contribution in [0.1, 0.15) is 63.4 Å². The standard InChI is InChI=1S/C28H31F5O4S/c29-27(30,28(31,32)33)18-14-19-4-6-21(7-5-19)23-10-12-24(13-11-23)38(36,37)26(25(34)35)16-2-1-3-20(15-17-26)22-8-9-22/h4-7,10-13,20,22H,1-3,8-9,14-18H2,(H,34,35). The van der Waals surface area contributed by atoms with Crippen molar-refractivity contribution in [3.63, 3.8) is 0 Å². The predicted octanol–water partition coefficient (Wildman–Crippen LogP) is 7.46. The van der Waals surface area contributed by atoms with Crippen molar-refractivity contribution in [1.82, 2.24) is 0 Å². The number of carboxylic acids is 1. The van der Waals surface area contributed by atoms with Crippen LogP contribution in [0.25, 0.3) is 11.1 Å². The van der Waals surface area contributed by atoms with Gasteiger partial charge in [-0.25, -0.2) is 8.42 Å². The van der Waals surface area contributed by atoms with Gasteiger partial charge in [0.2, 0.25) is 0 Å². The fourth-order valence-electron chi connectivity index (χ4n) is 5.50. The molecule has 0 radical (unpaired) electrons. The van der Waals surface area contributed by atoms with Crippen molar-refractivity contribution in [1.29, 1.82) is 0 Å². The van der Waals surface area contributed by atoms with Crippen LogP contribution in [0.4, 0.5) is 22.0 Å². The molecule has 2 aliphatic rings. The molecule has 2 aromatic carbocycles. The van der Waals surface area contributed by atoms with E-state index in [2.05, 4.69) is 0 Å². The van der Waals surface area contributed by atoms with Crippen LogP contribution >= 0.6 is 0 Å². The number of halogens is 5. The van der Waals surface area contributed by atoms with Gasteiger partial charge in [0.05, 0.1) is 4.90 Å². The summed E-state index contributed by atoms with van der Waals surface area (Å²) in [6.07, 6.45) is -2.06. The van der Waals surface area contributed by atoms with Crippen molar-refractivity contribution >= 4 is 15.8 Å². The summed E-state index contributed by atoms with van der Waals surface area (Å²) in [6, 6.07) is 11.9. The van der Waals surface area contributed by atoms with Gasteiger partial charge in [0.25, 0.3) is 0 Å². The number of rotatable bonds is 8. The van der Waals surface area contributed by atoms with Gasteiger partial charge in [-0.05, 0) is 79.2 Å². The Kier molecular flexibility index (Phi) is 7.94. The minimum absolute atomic E-state index is 0.0681. The second kappa shape index (κ2) is 10.6. The van der Waals surface area contributed by atoms with Gasteiger partial charge in [0, 0.05) is 6.42 Å². The van der Waals surface area contributed by atoms with Crippen molar-refractivity contribution in [3.8, 4) is 11.1 Å². The normalized spacial score (nSPS) is 23.4. The third-order valence-electron chi connectivity index (χ3n) is 8.11. The number of benzene rings is 2. The molecule has 2 fully saturated rings. The first-order valence-corrected chi connectivity index (χ1v) is 14.4. The summed E-state index contributed by atoms with van der Waals surface area (Å²) in [5.41, 5.74) is 1.53. The number of alkyl halides is 5. The van der Waals surface area contributed by atoms with Crippen LogP contribution in [0, 0.1) is 11.8 Å². The summed E-state index contributed by atoms with van der Waals surface area (Å²) in [6.45, 7) is 0. The molecule has 0 heterocycles. The van der Waals surface area contributed by atoms with Gasteiger partial charge in [0.1, 0.15) is 0 Å². The van der Waals surface area contributed by atoms with E-state index in [-0.39, 0.29) is 17.7 Å². The Labute approximate surface area is 219 Å². The van der Waals surface area contributed by atoms with Gasteiger partial charge in [-0.1, -0.05) is 55.7 Å². The third-order valence-corrected chi connectivity index (χ3v) is 10.6. The molecule has 2 atom stereocenters. The van der Waals surface area contributed by atoms with Gasteiger partial charge >= 0.3 is 18.1 Å². The Morgan fingerprint density at radius 1 is 0.816 bits per heavy atom. The monoisotopic (exact) mass is 558 g/mol. The zero-order valence-electron chi connectivity index (χ0n) is 20.8. The summed E-state index contributed by atoms with van der Waals surface area (Å²) in [4.78, 5) is 12.4. The zero-order chi connectivity index (χ0) is 27.8. The van der Waals surface area contributed by atoms with E-state index in [1.54, 1.807) is 24.3 Å². The van der Waals surface area contributed by atoms with E-state index in [0.717, 1.165) is 25.7 Å². The van der Waals surface area contributed by atoms with Crippen LogP contribution in [0.2, 0.25) is 0 Å². The number of carbonyl (C=O) groups is 1. The van der Waals surface area contributed by atoms with E-state index in [1.165, 1.54) is 24.3 Å². The smallest absolute Gasteiger partial charge is 0.453 e. The lowest BCUT2D eigenvalue weighted by atomic mass is 9.82. The molecule has 0 aliphatic heterocycles. The van der Waals surface area contributed by atoms with Gasteiger partial charge in [-0.3, -0.25) is 4.79 Å². The van der Waals surface area contributed by atoms with Crippen molar-refractivity contribution in [2.75, 3.05) is 0 Å². The number of aryl methyl sites for hydroxylation is 1. The molecule has 0 aromatic heterocycles. The lowest BCUT2D eigenvalue weighted by Gasteiger charge is -2.33. The van der Waals surface area contributed by atoms with Gasteiger partial charge in [0.15, 0.2) is 14.6 Å². The Balaban J connectivity index is 1.50. The van der Waals surface area contributed by atoms with Crippen molar-refractivity contribution < 1.29 is 40.3 Å². The topological polar surface area (TPSA) is 71.4 Å². The van der Waals surface area contributed by atoms with E-state index in [4.69, 9.17) is 0 Å². The fourth-order valence-corrected chi connectivity index (χ4v) is 7.48. The Morgan fingerprint density at radius 2 is 1.37 bits per heavy atom. The molecule has 0 spiro atoms. The molecule has 2 aliphatic carbocycles. The molecule has 0 saturated heterocycles. The predicted molar refractivity (Wildman–Crippen MR) is 133 cm³/mol. The molecule has 38 heavy (non-hydrogen) atoms. The van der Waals surface area contributed by atoms with Gasteiger partial charge in [-0.2, -0.15) is 22.0 Å². The van der Waals surface area contributed by atoms with Crippen LogP contribution in [0.3, 0.4) is 0 Å². The molecular formula is C28H31F5O4S. The molecule has 1 N–H and O–H groups in total. The Bertz CT molecular complexity index is 1240. The van der Waals surface area contributed by atoms with Gasteiger partial charge < -0.3 is 5.11 Å². The SMILES string of the molecule is O=C(O)C1(S(=O)(=O)c2ccc(-c3ccc(CCC(F)(F)C(F)(F)F)cc3)cc2)CCCCC(C2CC2)CC1. The van der Waals surface area contributed by atoms with E-state index in [9.17, 15) is 40.3 Å². The van der Waals surface area contributed by atoms with E-state index >= 15 is 0 Å². The van der Waals surface area contributed by atoms with Crippen LogP contribution in [-0.2, 0) is 21.1 Å². The van der Waals surface area contributed by atoms with Crippen LogP contribution in [-0.4, -0.2) is 36.3 Å². The minimum Gasteiger partial charge on any atom is -0.480 e. The lowest BCUT2D eigenvalue weighted by molar-refractivity contribution is -0.284. The van der Waals surface area contributed by atoms with Crippen LogP contribution < -0.4 is 0 Å². The highest BCUT2D eigenvalue weighted by Gasteiger charge is 2.56. The molecule has 2 saturated carbocycles. The average Bonchev–Trinajstić information content (AvgIpc) is 3.68. The number of sulfone groups is 1. The van der Waals surface area contributed by atoms with E-state index in [0.29, 0.717) is 41.4 Å². The van der Waals surface area contributed by atoms with Crippen LogP contribution in [0.15, 0.2) is 53.4 Å². The zero-order valence-corrected chi connectivity index (χ0v) is 21.6. The molecule has 2 aromatic rings. The summed E-state index contributed by atoms with van der Waals surface area (Å²) in [5.74, 6) is -5.14. The number of carboxylic acid groups (broad SMARTS) is 1. The summed E-state index contributed by atoms with van der Waals surface area (Å²) in [7, 11) is -4.19. The number of hydrogen-bond acceptors (Lipinski definition) is 3. The minimum atomic E-state index is -5.59. The second-order valence-electron chi connectivity index (χ2n) is 10.6. The second-order valence-corrected chi connectivity index (χ2v) is 12.9. The molecule has 10 heteroatoms. The third kappa shape index (κ3) is 5.75. The average molecular weight is 559 g/mol. The first-order valence-electron chi connectivity index (χ1n) is 12.9. The first kappa shape index (κ1) is 28.5. The quantitative estimate of drug-likeness (QED) is 0.342. The largest absolute Gasteiger partial charge is 0.480 e. The highest BCUT2D eigenvalue weighted by atomic mass is 32.2. The first-order chi connectivity index (χ1) is 17.8. The lowest BCUT2D eigenvalue weighted by Crippen LogP contribution is -2.47. The maximum Gasteiger partial charge on any atom is 0.453 e. The Morgan fingerprint density at radius 3 is 1.89 bits per heavy atom. The molecule has 4 rings (SSSR count). The van der Waals surface area contributed by atoms with E-state index < -0.39 is 45.5 Å². The number of hydrogen-bond donors (Lipinski definition) is 1.